The summed E-state index contributed by atoms with van der Waals surface area (Å²) in [5.41, 5.74) is 9.81. The molecular formula is C17H20FNS. The summed E-state index contributed by atoms with van der Waals surface area (Å²) in [5, 5.41) is 0.279. The van der Waals surface area contributed by atoms with Crippen LogP contribution < -0.4 is 5.73 Å². The standard InChI is InChI=1S/C17H20FNS/c1-12-4-3-5-14(10-12)11-20-13(2)17(19)15-6-8-16(18)9-7-15/h3-10,13,17H,11,19H2,1-2H3. The van der Waals surface area contributed by atoms with E-state index in [4.69, 9.17) is 5.73 Å². The van der Waals surface area contributed by atoms with Crippen LogP contribution in [0.4, 0.5) is 4.39 Å². The van der Waals surface area contributed by atoms with Gasteiger partial charge < -0.3 is 5.73 Å². The molecule has 0 aromatic heterocycles. The summed E-state index contributed by atoms with van der Waals surface area (Å²) >= 11 is 1.83. The minimum Gasteiger partial charge on any atom is -0.323 e. The Morgan fingerprint density at radius 3 is 2.50 bits per heavy atom. The molecule has 2 N–H and O–H groups in total. The van der Waals surface area contributed by atoms with Crippen molar-refractivity contribution in [3.05, 3.63) is 71.0 Å². The Morgan fingerprint density at radius 1 is 1.15 bits per heavy atom. The maximum atomic E-state index is 12.9. The van der Waals surface area contributed by atoms with Crippen LogP contribution in [-0.2, 0) is 5.75 Å². The molecule has 0 spiro atoms. The average molecular weight is 289 g/mol. The highest BCUT2D eigenvalue weighted by atomic mass is 32.2. The predicted octanol–water partition coefficient (Wildman–Crippen LogP) is 4.46. The van der Waals surface area contributed by atoms with Crippen LogP contribution in [-0.4, -0.2) is 5.25 Å². The zero-order chi connectivity index (χ0) is 14.5. The van der Waals surface area contributed by atoms with Gasteiger partial charge in [0, 0.05) is 17.0 Å². The number of hydrogen-bond acceptors (Lipinski definition) is 2. The van der Waals surface area contributed by atoms with Gasteiger partial charge in [0.05, 0.1) is 0 Å². The highest BCUT2D eigenvalue weighted by Gasteiger charge is 2.15. The maximum absolute atomic E-state index is 12.9. The van der Waals surface area contributed by atoms with E-state index in [0.717, 1.165) is 11.3 Å². The molecule has 0 aliphatic heterocycles. The number of halogens is 1. The van der Waals surface area contributed by atoms with Crippen molar-refractivity contribution in [1.82, 2.24) is 0 Å². The Morgan fingerprint density at radius 2 is 1.85 bits per heavy atom. The van der Waals surface area contributed by atoms with Crippen molar-refractivity contribution in [2.45, 2.75) is 30.9 Å². The van der Waals surface area contributed by atoms with Crippen LogP contribution >= 0.6 is 11.8 Å². The molecule has 0 amide bonds. The molecule has 20 heavy (non-hydrogen) atoms. The molecule has 0 radical (unpaired) electrons. The molecule has 1 nitrogen and oxygen atoms in total. The van der Waals surface area contributed by atoms with Crippen molar-refractivity contribution in [1.29, 1.82) is 0 Å². The number of hydrogen-bond donors (Lipinski definition) is 1. The third-order valence-corrected chi connectivity index (χ3v) is 4.68. The van der Waals surface area contributed by atoms with E-state index in [0.29, 0.717) is 0 Å². The largest absolute Gasteiger partial charge is 0.323 e. The van der Waals surface area contributed by atoms with Crippen LogP contribution in [0.15, 0.2) is 48.5 Å². The fourth-order valence-corrected chi connectivity index (χ4v) is 3.09. The van der Waals surface area contributed by atoms with Crippen molar-refractivity contribution in [2.24, 2.45) is 5.73 Å². The monoisotopic (exact) mass is 289 g/mol. The van der Waals surface area contributed by atoms with Gasteiger partial charge in [0.15, 0.2) is 0 Å². The lowest BCUT2D eigenvalue weighted by molar-refractivity contribution is 0.624. The van der Waals surface area contributed by atoms with E-state index >= 15 is 0 Å². The number of aryl methyl sites for hydroxylation is 1. The van der Waals surface area contributed by atoms with Gasteiger partial charge in [0.25, 0.3) is 0 Å². The molecule has 2 aromatic carbocycles. The van der Waals surface area contributed by atoms with Crippen molar-refractivity contribution in [3.63, 3.8) is 0 Å². The minimum absolute atomic E-state index is 0.0783. The number of nitrogens with two attached hydrogens (primary N) is 1. The smallest absolute Gasteiger partial charge is 0.123 e. The molecule has 0 bridgehead atoms. The number of benzene rings is 2. The van der Waals surface area contributed by atoms with Gasteiger partial charge >= 0.3 is 0 Å². The molecule has 106 valence electrons. The van der Waals surface area contributed by atoms with E-state index in [2.05, 4.69) is 38.1 Å². The molecule has 0 saturated heterocycles. The van der Waals surface area contributed by atoms with E-state index in [1.807, 2.05) is 11.8 Å². The summed E-state index contributed by atoms with van der Waals surface area (Å²) in [6.07, 6.45) is 0. The molecule has 2 aromatic rings. The first-order valence-electron chi connectivity index (χ1n) is 6.74. The lowest BCUT2D eigenvalue weighted by Crippen LogP contribution is -2.21. The molecule has 0 aliphatic rings. The summed E-state index contributed by atoms with van der Waals surface area (Å²) in [6, 6.07) is 14.9. The summed E-state index contributed by atoms with van der Waals surface area (Å²) in [5.74, 6) is 0.721. The van der Waals surface area contributed by atoms with Crippen LogP contribution in [0, 0.1) is 12.7 Å². The van der Waals surface area contributed by atoms with Crippen LogP contribution in [0.2, 0.25) is 0 Å². The molecule has 0 saturated carbocycles. The summed E-state index contributed by atoms with van der Waals surface area (Å²) in [7, 11) is 0. The summed E-state index contributed by atoms with van der Waals surface area (Å²) in [4.78, 5) is 0. The van der Waals surface area contributed by atoms with Gasteiger partial charge in [-0.3, -0.25) is 0 Å². The molecule has 0 heterocycles. The Bertz CT molecular complexity index is 553. The Labute approximate surface area is 124 Å². The Balaban J connectivity index is 1.94. The summed E-state index contributed by atoms with van der Waals surface area (Å²) in [6.45, 7) is 4.22. The second-order valence-electron chi connectivity index (χ2n) is 5.08. The first-order chi connectivity index (χ1) is 9.56. The molecule has 2 unspecified atom stereocenters. The SMILES string of the molecule is Cc1cccc(CSC(C)C(N)c2ccc(F)cc2)c1. The average Bonchev–Trinajstić information content (AvgIpc) is 2.45. The van der Waals surface area contributed by atoms with Crippen molar-refractivity contribution in [3.8, 4) is 0 Å². The summed E-state index contributed by atoms with van der Waals surface area (Å²) < 4.78 is 12.9. The number of thioether (sulfide) groups is 1. The fraction of sp³-hybridized carbons (Fsp3) is 0.294. The highest BCUT2D eigenvalue weighted by Crippen LogP contribution is 2.27. The maximum Gasteiger partial charge on any atom is 0.123 e. The minimum atomic E-state index is -0.221. The second-order valence-corrected chi connectivity index (χ2v) is 6.45. The van der Waals surface area contributed by atoms with Crippen LogP contribution in [0.25, 0.3) is 0 Å². The zero-order valence-corrected chi connectivity index (χ0v) is 12.7. The fourth-order valence-electron chi connectivity index (χ4n) is 2.09. The number of rotatable bonds is 5. The third kappa shape index (κ3) is 4.09. The van der Waals surface area contributed by atoms with Gasteiger partial charge in [-0.25, -0.2) is 4.39 Å². The zero-order valence-electron chi connectivity index (χ0n) is 11.8. The lowest BCUT2D eigenvalue weighted by atomic mass is 10.1. The first-order valence-corrected chi connectivity index (χ1v) is 7.79. The van der Waals surface area contributed by atoms with Crippen LogP contribution in [0.5, 0.6) is 0 Å². The molecular weight excluding hydrogens is 269 g/mol. The van der Waals surface area contributed by atoms with E-state index in [9.17, 15) is 4.39 Å². The normalized spacial score (nSPS) is 14.0. The van der Waals surface area contributed by atoms with E-state index in [1.165, 1.54) is 23.3 Å². The molecule has 2 rings (SSSR count). The van der Waals surface area contributed by atoms with Gasteiger partial charge in [0.2, 0.25) is 0 Å². The van der Waals surface area contributed by atoms with Gasteiger partial charge in [-0.15, -0.1) is 0 Å². The van der Waals surface area contributed by atoms with Crippen LogP contribution in [0.3, 0.4) is 0 Å². The van der Waals surface area contributed by atoms with Crippen LogP contribution in [0.1, 0.15) is 29.7 Å². The first kappa shape index (κ1) is 15.1. The van der Waals surface area contributed by atoms with Crippen molar-refractivity contribution >= 4 is 11.8 Å². The third-order valence-electron chi connectivity index (χ3n) is 3.36. The Kier molecular flexibility index (Phi) is 5.21. The van der Waals surface area contributed by atoms with E-state index < -0.39 is 0 Å². The molecule has 0 aliphatic carbocycles. The highest BCUT2D eigenvalue weighted by molar-refractivity contribution is 7.99. The lowest BCUT2D eigenvalue weighted by Gasteiger charge is -2.20. The van der Waals surface area contributed by atoms with E-state index in [-0.39, 0.29) is 17.1 Å². The molecule has 2 atom stereocenters. The molecule has 3 heteroatoms. The van der Waals surface area contributed by atoms with Gasteiger partial charge in [0.1, 0.15) is 5.82 Å². The van der Waals surface area contributed by atoms with Gasteiger partial charge in [-0.2, -0.15) is 11.8 Å². The van der Waals surface area contributed by atoms with E-state index in [1.54, 1.807) is 12.1 Å². The van der Waals surface area contributed by atoms with Crippen molar-refractivity contribution < 1.29 is 4.39 Å². The van der Waals surface area contributed by atoms with Crippen molar-refractivity contribution in [2.75, 3.05) is 0 Å². The Hall–Kier alpha value is -1.32. The van der Waals surface area contributed by atoms with Gasteiger partial charge in [-0.05, 0) is 30.2 Å². The topological polar surface area (TPSA) is 26.0 Å². The molecule has 0 fully saturated rings. The van der Waals surface area contributed by atoms with Gasteiger partial charge in [-0.1, -0.05) is 48.9 Å². The second kappa shape index (κ2) is 6.91. The quantitative estimate of drug-likeness (QED) is 0.879. The predicted molar refractivity (Wildman–Crippen MR) is 85.3 cm³/mol.